The Bertz CT molecular complexity index is 1660. The highest BCUT2D eigenvalue weighted by molar-refractivity contribution is 6.17. The lowest BCUT2D eigenvalue weighted by Crippen LogP contribution is -2.38. The summed E-state index contributed by atoms with van der Waals surface area (Å²) in [6.45, 7) is 7.62. The Balaban J connectivity index is 1.37. The highest BCUT2D eigenvalue weighted by Crippen LogP contribution is 2.41. The van der Waals surface area contributed by atoms with Crippen LogP contribution in [0.25, 0.3) is 44.0 Å². The number of para-hydroxylation sites is 1. The number of pyridine rings is 1. The van der Waals surface area contributed by atoms with Gasteiger partial charge in [0.25, 0.3) is 0 Å². The molecule has 5 aromatic rings. The van der Waals surface area contributed by atoms with Gasteiger partial charge in [0.1, 0.15) is 0 Å². The maximum Gasteiger partial charge on any atom is 0.159 e. The summed E-state index contributed by atoms with van der Waals surface area (Å²) in [5.74, 6) is -1.68. The summed E-state index contributed by atoms with van der Waals surface area (Å²) in [4.78, 5) is 10.2. The van der Waals surface area contributed by atoms with Crippen LogP contribution in [0.5, 0.6) is 0 Å². The van der Waals surface area contributed by atoms with Gasteiger partial charge >= 0.3 is 0 Å². The predicted octanol–water partition coefficient (Wildman–Crippen LogP) is 6.22. The number of ether oxygens (including phenoxy) is 1. The highest BCUT2D eigenvalue weighted by atomic mass is 19.2. The van der Waals surface area contributed by atoms with Gasteiger partial charge < -0.3 is 14.2 Å². The number of aryl methyl sites for hydroxylation is 1. The predicted molar refractivity (Wildman–Crippen MR) is 149 cm³/mol. The van der Waals surface area contributed by atoms with Crippen molar-refractivity contribution >= 4 is 38.5 Å². The quantitative estimate of drug-likeness (QED) is 0.280. The third-order valence-corrected chi connectivity index (χ3v) is 8.04. The SMILES string of the molecule is Fc1ccc(-c2ccc3c4c5c(nc3c2)c2ccccc2n5CCCN4CCCN2CCOCC2)cc1F. The largest absolute Gasteiger partial charge is 0.379 e. The molecule has 7 rings (SSSR count). The molecule has 0 radical (unpaired) electrons. The molecule has 3 aromatic carbocycles. The van der Waals surface area contributed by atoms with Gasteiger partial charge in [-0.2, -0.15) is 0 Å². The van der Waals surface area contributed by atoms with Gasteiger partial charge in [0.15, 0.2) is 11.6 Å². The third kappa shape index (κ3) is 4.01. The number of hydrogen-bond donors (Lipinski definition) is 0. The van der Waals surface area contributed by atoms with E-state index in [1.54, 1.807) is 6.07 Å². The van der Waals surface area contributed by atoms with Crippen LogP contribution in [0.4, 0.5) is 14.5 Å². The molecule has 0 N–H and O–H groups in total. The first-order valence-electron chi connectivity index (χ1n) is 13.5. The van der Waals surface area contributed by atoms with Crippen LogP contribution in [0.2, 0.25) is 0 Å². The van der Waals surface area contributed by atoms with Crippen molar-refractivity contribution in [2.24, 2.45) is 0 Å². The lowest BCUT2D eigenvalue weighted by Gasteiger charge is -2.29. The molecule has 2 aromatic heterocycles. The van der Waals surface area contributed by atoms with E-state index in [2.05, 4.69) is 44.7 Å². The van der Waals surface area contributed by atoms with Crippen LogP contribution in [0.15, 0.2) is 60.7 Å². The zero-order valence-electron chi connectivity index (χ0n) is 21.3. The number of aromatic nitrogens is 2. The summed E-state index contributed by atoms with van der Waals surface area (Å²) < 4.78 is 35.6. The third-order valence-electron chi connectivity index (χ3n) is 8.04. The van der Waals surface area contributed by atoms with Gasteiger partial charge in [-0.05, 0) is 48.2 Å². The topological polar surface area (TPSA) is 33.5 Å². The normalized spacial score (nSPS) is 16.5. The van der Waals surface area contributed by atoms with Crippen molar-refractivity contribution in [3.05, 3.63) is 72.3 Å². The monoisotopic (exact) mass is 512 g/mol. The molecule has 1 saturated heterocycles. The lowest BCUT2D eigenvalue weighted by molar-refractivity contribution is 0.0376. The van der Waals surface area contributed by atoms with E-state index in [0.717, 1.165) is 92.7 Å². The Morgan fingerprint density at radius 1 is 0.789 bits per heavy atom. The summed E-state index contributed by atoms with van der Waals surface area (Å²) in [5, 5.41) is 2.25. The van der Waals surface area contributed by atoms with Crippen LogP contribution < -0.4 is 4.90 Å². The van der Waals surface area contributed by atoms with Gasteiger partial charge in [-0.1, -0.05) is 36.4 Å². The van der Waals surface area contributed by atoms with Gasteiger partial charge in [-0.25, -0.2) is 13.8 Å². The average Bonchev–Trinajstić information content (AvgIpc) is 3.12. The Morgan fingerprint density at radius 3 is 2.47 bits per heavy atom. The van der Waals surface area contributed by atoms with Crippen LogP contribution in [0.1, 0.15) is 12.8 Å². The van der Waals surface area contributed by atoms with Crippen molar-refractivity contribution in [3.63, 3.8) is 0 Å². The van der Waals surface area contributed by atoms with Crippen LogP contribution in [0, 0.1) is 11.6 Å². The summed E-state index contributed by atoms with van der Waals surface area (Å²) in [5.41, 5.74) is 6.99. The van der Waals surface area contributed by atoms with Crippen molar-refractivity contribution in [2.45, 2.75) is 19.4 Å². The number of morpholine rings is 1. The molecule has 2 aliphatic heterocycles. The number of fused-ring (bicyclic) bond motifs is 5. The molecule has 194 valence electrons. The van der Waals surface area contributed by atoms with E-state index in [1.807, 2.05) is 12.1 Å². The van der Waals surface area contributed by atoms with Crippen molar-refractivity contribution in [3.8, 4) is 11.1 Å². The number of benzene rings is 3. The van der Waals surface area contributed by atoms with E-state index in [0.29, 0.717) is 5.56 Å². The number of hydrogen-bond acceptors (Lipinski definition) is 4. The molecule has 0 aliphatic carbocycles. The van der Waals surface area contributed by atoms with Gasteiger partial charge in [0.05, 0.1) is 41.0 Å². The minimum absolute atomic E-state index is 0.642. The first-order valence-corrected chi connectivity index (χ1v) is 13.5. The number of anilines is 1. The van der Waals surface area contributed by atoms with E-state index in [9.17, 15) is 8.78 Å². The fraction of sp³-hybridized carbons (Fsp3) is 0.323. The first kappa shape index (κ1) is 23.6. The first-order chi connectivity index (χ1) is 18.7. The minimum atomic E-state index is -0.841. The molecular weight excluding hydrogens is 482 g/mol. The van der Waals surface area contributed by atoms with Gasteiger partial charge in [0, 0.05) is 50.0 Å². The Kier molecular flexibility index (Phi) is 5.98. The second-order valence-corrected chi connectivity index (χ2v) is 10.3. The van der Waals surface area contributed by atoms with Crippen molar-refractivity contribution in [2.75, 3.05) is 50.8 Å². The minimum Gasteiger partial charge on any atom is -0.379 e. The fourth-order valence-electron chi connectivity index (χ4n) is 6.18. The molecule has 7 heteroatoms. The van der Waals surface area contributed by atoms with Crippen molar-refractivity contribution < 1.29 is 13.5 Å². The fourth-order valence-corrected chi connectivity index (χ4v) is 6.18. The van der Waals surface area contributed by atoms with Crippen LogP contribution in [-0.2, 0) is 11.3 Å². The molecule has 5 nitrogen and oxygen atoms in total. The molecule has 0 unspecified atom stereocenters. The molecule has 1 fully saturated rings. The maximum atomic E-state index is 14.0. The molecule has 4 heterocycles. The standard InChI is InChI=1S/C31H30F2N4O/c32-25-10-8-21(19-26(25)33)22-7-9-23-27(20-22)34-29-24-5-1-2-6-28(24)37-14-4-13-36(30(23)31(29)37)12-3-11-35-15-17-38-18-16-35/h1-2,5-10,19-20H,3-4,11-18H2. The second-order valence-electron chi connectivity index (χ2n) is 10.3. The second kappa shape index (κ2) is 9.64. The highest BCUT2D eigenvalue weighted by Gasteiger charge is 2.25. The molecule has 0 spiro atoms. The Morgan fingerprint density at radius 2 is 1.61 bits per heavy atom. The van der Waals surface area contributed by atoms with E-state index in [4.69, 9.17) is 9.72 Å². The van der Waals surface area contributed by atoms with E-state index < -0.39 is 11.6 Å². The van der Waals surface area contributed by atoms with Gasteiger partial charge in [0.2, 0.25) is 0 Å². The van der Waals surface area contributed by atoms with Crippen LogP contribution in [0.3, 0.4) is 0 Å². The lowest BCUT2D eigenvalue weighted by atomic mass is 10.0. The average molecular weight is 513 g/mol. The molecule has 0 atom stereocenters. The summed E-state index contributed by atoms with van der Waals surface area (Å²) >= 11 is 0. The number of nitrogens with zero attached hydrogens (tertiary/aromatic N) is 4. The van der Waals surface area contributed by atoms with Crippen LogP contribution in [-0.4, -0.2) is 60.4 Å². The molecular formula is C31H30F2N4O. The zero-order chi connectivity index (χ0) is 25.6. The van der Waals surface area contributed by atoms with E-state index >= 15 is 0 Å². The molecule has 38 heavy (non-hydrogen) atoms. The van der Waals surface area contributed by atoms with Gasteiger partial charge in [-0.15, -0.1) is 0 Å². The summed E-state index contributed by atoms with van der Waals surface area (Å²) in [7, 11) is 0. The molecule has 0 amide bonds. The summed E-state index contributed by atoms with van der Waals surface area (Å²) in [6.07, 6.45) is 2.15. The summed E-state index contributed by atoms with van der Waals surface area (Å²) in [6, 6.07) is 18.7. The zero-order valence-corrected chi connectivity index (χ0v) is 21.3. The van der Waals surface area contributed by atoms with Crippen LogP contribution >= 0.6 is 0 Å². The Hall–Kier alpha value is -3.55. The Labute approximate surface area is 220 Å². The molecule has 0 bridgehead atoms. The van der Waals surface area contributed by atoms with E-state index in [-0.39, 0.29) is 0 Å². The van der Waals surface area contributed by atoms with Crippen molar-refractivity contribution in [1.29, 1.82) is 0 Å². The molecule has 0 saturated carbocycles. The smallest absolute Gasteiger partial charge is 0.159 e. The van der Waals surface area contributed by atoms with E-state index in [1.165, 1.54) is 28.9 Å². The van der Waals surface area contributed by atoms with Gasteiger partial charge in [-0.3, -0.25) is 4.90 Å². The van der Waals surface area contributed by atoms with Crippen molar-refractivity contribution in [1.82, 2.24) is 14.5 Å². The molecule has 2 aliphatic rings. The maximum absolute atomic E-state index is 14.0. The number of rotatable bonds is 5. The number of halogens is 2.